The maximum atomic E-state index is 10.0. The second-order valence-corrected chi connectivity index (χ2v) is 4.07. The number of phosphoric acid groups is 1. The van der Waals surface area contributed by atoms with E-state index in [-0.39, 0.29) is 55.2 Å². The average molecular weight is 395 g/mol. The predicted octanol–water partition coefficient (Wildman–Crippen LogP) is -4.91. The maximum absolute atomic E-state index is 10.0. The second-order valence-electron chi connectivity index (χ2n) is 2.92. The Labute approximate surface area is 137 Å². The van der Waals surface area contributed by atoms with Crippen molar-refractivity contribution >= 4 is 63.0 Å². The van der Waals surface area contributed by atoms with Gasteiger partial charge in [0, 0.05) is 0 Å². The van der Waals surface area contributed by atoms with Gasteiger partial charge in [0.25, 0.3) is 0 Å². The topological polar surface area (TPSA) is 170 Å². The molecule has 0 heterocycles. The SMILES string of the molecule is O=C[C@@H](O)[C@@H](O)[C@H](O)[C@H](O)COP(=O)([O-])[O-].[Ba+2]. The summed E-state index contributed by atoms with van der Waals surface area (Å²) in [6, 6.07) is 0. The molecular formula is C6H11BaO9P. The van der Waals surface area contributed by atoms with Gasteiger partial charge >= 0.3 is 48.9 Å². The molecule has 0 rings (SSSR count). The molecule has 0 unspecified atom stereocenters. The normalized spacial score (nSPS) is 18.7. The van der Waals surface area contributed by atoms with Gasteiger partial charge in [0.2, 0.25) is 0 Å². The molecule has 0 aromatic heterocycles. The van der Waals surface area contributed by atoms with E-state index in [1.54, 1.807) is 0 Å². The molecule has 0 aliphatic rings. The standard InChI is InChI=1S/C6H13O9P.Ba/c7-1-3(8)5(10)6(11)4(9)2-15-16(12,13)14;/h1,3-6,8-11H,2H2,(H2,12,13,14);/q;+2/p-2/t3-,4-,5-,6-;/m1./s1. The van der Waals surface area contributed by atoms with Gasteiger partial charge in [-0.05, 0) is 0 Å². The van der Waals surface area contributed by atoms with E-state index in [9.17, 15) is 19.1 Å². The molecule has 0 aliphatic heterocycles. The van der Waals surface area contributed by atoms with Gasteiger partial charge in [-0.3, -0.25) is 0 Å². The molecule has 0 saturated heterocycles. The van der Waals surface area contributed by atoms with E-state index in [0.717, 1.165) is 0 Å². The fourth-order valence-corrected chi connectivity index (χ4v) is 1.11. The van der Waals surface area contributed by atoms with E-state index in [1.165, 1.54) is 0 Å². The van der Waals surface area contributed by atoms with Crippen LogP contribution in [0.1, 0.15) is 0 Å². The zero-order valence-corrected chi connectivity index (χ0v) is 13.9. The molecule has 0 aromatic carbocycles. The van der Waals surface area contributed by atoms with Gasteiger partial charge < -0.3 is 44.1 Å². The van der Waals surface area contributed by atoms with E-state index >= 15 is 0 Å². The van der Waals surface area contributed by atoms with Gasteiger partial charge in [-0.2, -0.15) is 0 Å². The quantitative estimate of drug-likeness (QED) is 0.187. The third-order valence-corrected chi connectivity index (χ3v) is 2.10. The van der Waals surface area contributed by atoms with Crippen molar-refractivity contribution in [2.75, 3.05) is 6.61 Å². The summed E-state index contributed by atoms with van der Waals surface area (Å²) >= 11 is 0. The first kappa shape index (κ1) is 20.5. The fourth-order valence-electron chi connectivity index (χ4n) is 0.776. The van der Waals surface area contributed by atoms with Crippen LogP contribution >= 0.6 is 7.82 Å². The zero-order chi connectivity index (χ0) is 12.9. The molecule has 0 bridgehead atoms. The van der Waals surface area contributed by atoms with Crippen LogP contribution in [-0.2, 0) is 13.9 Å². The first-order valence-corrected chi connectivity index (χ1v) is 5.49. The summed E-state index contributed by atoms with van der Waals surface area (Å²) in [7, 11) is -5.30. The van der Waals surface area contributed by atoms with E-state index in [0.29, 0.717) is 0 Å². The van der Waals surface area contributed by atoms with Crippen LogP contribution in [0.25, 0.3) is 0 Å². The van der Waals surface area contributed by atoms with Crippen LogP contribution in [-0.4, -0.2) is 107 Å². The van der Waals surface area contributed by atoms with Crippen LogP contribution in [0.5, 0.6) is 0 Å². The molecule has 96 valence electrons. The number of carbonyl (C=O) groups excluding carboxylic acids is 1. The maximum Gasteiger partial charge on any atom is 2.00 e. The fraction of sp³-hybridized carbons (Fsp3) is 0.833. The Morgan fingerprint density at radius 3 is 2.00 bits per heavy atom. The summed E-state index contributed by atoms with van der Waals surface area (Å²) in [4.78, 5) is 30.0. The summed E-state index contributed by atoms with van der Waals surface area (Å²) < 4.78 is 13.6. The van der Waals surface area contributed by atoms with Gasteiger partial charge in [0.1, 0.15) is 24.4 Å². The van der Waals surface area contributed by atoms with E-state index in [2.05, 4.69) is 4.52 Å². The summed E-state index contributed by atoms with van der Waals surface area (Å²) in [5.41, 5.74) is 0. The minimum absolute atomic E-state index is 0. The van der Waals surface area contributed by atoms with Crippen LogP contribution in [0.4, 0.5) is 0 Å². The number of carbonyl (C=O) groups is 1. The smallest absolute Gasteiger partial charge is 0.790 e. The third kappa shape index (κ3) is 8.83. The first-order chi connectivity index (χ1) is 7.19. The molecule has 0 spiro atoms. The van der Waals surface area contributed by atoms with Gasteiger partial charge in [-0.25, -0.2) is 0 Å². The minimum atomic E-state index is -5.30. The summed E-state index contributed by atoms with van der Waals surface area (Å²) in [5, 5.41) is 35.9. The number of aliphatic hydroxyl groups is 4. The molecule has 4 atom stereocenters. The zero-order valence-electron chi connectivity index (χ0n) is 8.58. The Morgan fingerprint density at radius 2 is 1.65 bits per heavy atom. The van der Waals surface area contributed by atoms with Gasteiger partial charge in [-0.1, -0.05) is 0 Å². The Hall–Kier alpha value is 1.19. The number of rotatable bonds is 7. The number of aldehydes is 1. The number of aliphatic hydroxyl groups excluding tert-OH is 4. The summed E-state index contributed by atoms with van der Waals surface area (Å²) in [6.45, 7) is -1.09. The van der Waals surface area contributed by atoms with Crippen molar-refractivity contribution in [1.82, 2.24) is 0 Å². The summed E-state index contributed by atoms with van der Waals surface area (Å²) in [6.07, 6.45) is -8.04. The average Bonchev–Trinajstić information content (AvgIpc) is 2.21. The van der Waals surface area contributed by atoms with Crippen molar-refractivity contribution in [3.63, 3.8) is 0 Å². The monoisotopic (exact) mass is 396 g/mol. The van der Waals surface area contributed by atoms with Crippen LogP contribution in [0.3, 0.4) is 0 Å². The number of hydrogen-bond donors (Lipinski definition) is 4. The molecule has 11 heteroatoms. The van der Waals surface area contributed by atoms with Crippen LogP contribution in [0.15, 0.2) is 0 Å². The van der Waals surface area contributed by atoms with Gasteiger partial charge in [-0.15, -0.1) is 0 Å². The Kier molecular flexibility index (Phi) is 11.0. The molecular weight excluding hydrogens is 384 g/mol. The Balaban J connectivity index is 0. The van der Waals surface area contributed by atoms with Crippen molar-refractivity contribution in [2.45, 2.75) is 24.4 Å². The molecule has 0 aromatic rings. The summed E-state index contributed by atoms with van der Waals surface area (Å²) in [5.74, 6) is 0. The molecule has 0 radical (unpaired) electrons. The minimum Gasteiger partial charge on any atom is -0.790 e. The first-order valence-electron chi connectivity index (χ1n) is 4.03. The Bertz CT molecular complexity index is 268. The van der Waals surface area contributed by atoms with Crippen molar-refractivity contribution in [2.24, 2.45) is 0 Å². The molecule has 0 amide bonds. The van der Waals surface area contributed by atoms with Gasteiger partial charge in [0.05, 0.1) is 14.4 Å². The molecule has 9 nitrogen and oxygen atoms in total. The van der Waals surface area contributed by atoms with Crippen molar-refractivity contribution in [1.29, 1.82) is 0 Å². The van der Waals surface area contributed by atoms with Crippen LogP contribution < -0.4 is 9.79 Å². The van der Waals surface area contributed by atoms with Crippen LogP contribution in [0, 0.1) is 0 Å². The van der Waals surface area contributed by atoms with E-state index in [1.807, 2.05) is 0 Å². The molecule has 0 fully saturated rings. The number of phosphoric ester groups is 1. The molecule has 0 saturated carbocycles. The van der Waals surface area contributed by atoms with Crippen LogP contribution in [0.2, 0.25) is 0 Å². The van der Waals surface area contributed by atoms with E-state index < -0.39 is 38.8 Å². The van der Waals surface area contributed by atoms with Gasteiger partial charge in [0.15, 0.2) is 6.29 Å². The van der Waals surface area contributed by atoms with E-state index in [4.69, 9.17) is 20.4 Å². The molecule has 4 N–H and O–H groups in total. The second kappa shape index (κ2) is 9.15. The molecule has 0 aliphatic carbocycles. The molecule has 17 heavy (non-hydrogen) atoms. The van der Waals surface area contributed by atoms with Crippen molar-refractivity contribution in [3.05, 3.63) is 0 Å². The number of hydrogen-bond acceptors (Lipinski definition) is 9. The van der Waals surface area contributed by atoms with Crippen molar-refractivity contribution < 1.29 is 44.1 Å². The Morgan fingerprint density at radius 1 is 1.18 bits per heavy atom. The largest absolute Gasteiger partial charge is 2.00 e. The van der Waals surface area contributed by atoms with Crippen molar-refractivity contribution in [3.8, 4) is 0 Å². The third-order valence-electron chi connectivity index (χ3n) is 1.64. The predicted molar refractivity (Wildman–Crippen MR) is 49.4 cm³/mol.